The molecule has 0 fully saturated rings. The Kier molecular flexibility index (Phi) is 6.30. The standard InChI is InChI=1S/C18H18N8S2/c1-3-8-15(9-4-1)14-25-17(19-21-23-25)27-12-7-13-28-18-20-22-24-26(18)16-10-5-2-6-11-16/h1-6,8-11H,7,12-14H2. The van der Waals surface area contributed by atoms with Crippen LogP contribution in [0.25, 0.3) is 5.69 Å². The van der Waals surface area contributed by atoms with Crippen molar-refractivity contribution >= 4 is 23.5 Å². The quantitative estimate of drug-likeness (QED) is 0.307. The molecule has 0 aliphatic heterocycles. The fourth-order valence-corrected chi connectivity index (χ4v) is 4.37. The van der Waals surface area contributed by atoms with Crippen LogP contribution in [0.3, 0.4) is 0 Å². The molecule has 142 valence electrons. The SMILES string of the molecule is c1ccc(Cn2nnnc2SCCCSc2nnnn2-c2ccccc2)cc1. The van der Waals surface area contributed by atoms with Crippen molar-refractivity contribution in [3.63, 3.8) is 0 Å². The van der Waals surface area contributed by atoms with Crippen LogP contribution in [0.4, 0.5) is 0 Å². The zero-order valence-electron chi connectivity index (χ0n) is 15.0. The van der Waals surface area contributed by atoms with Crippen LogP contribution in [0.1, 0.15) is 12.0 Å². The van der Waals surface area contributed by atoms with Crippen LogP contribution >= 0.6 is 23.5 Å². The van der Waals surface area contributed by atoms with Crippen LogP contribution < -0.4 is 0 Å². The van der Waals surface area contributed by atoms with Gasteiger partial charge in [-0.3, -0.25) is 0 Å². The second-order valence-electron chi connectivity index (χ2n) is 5.86. The minimum absolute atomic E-state index is 0.677. The molecule has 2 heterocycles. The number of benzene rings is 2. The molecule has 0 amide bonds. The van der Waals surface area contributed by atoms with E-state index in [0.29, 0.717) is 6.54 Å². The summed E-state index contributed by atoms with van der Waals surface area (Å²) < 4.78 is 3.60. The molecule has 0 saturated heterocycles. The first-order valence-electron chi connectivity index (χ1n) is 8.79. The van der Waals surface area contributed by atoms with E-state index in [1.807, 2.05) is 53.2 Å². The Balaban J connectivity index is 1.26. The topological polar surface area (TPSA) is 87.2 Å². The van der Waals surface area contributed by atoms with E-state index in [0.717, 1.165) is 33.9 Å². The molecular formula is C18H18N8S2. The van der Waals surface area contributed by atoms with E-state index >= 15 is 0 Å². The molecular weight excluding hydrogens is 392 g/mol. The van der Waals surface area contributed by atoms with Crippen LogP contribution in [-0.2, 0) is 6.54 Å². The number of rotatable bonds is 9. The largest absolute Gasteiger partial charge is 0.216 e. The van der Waals surface area contributed by atoms with Gasteiger partial charge in [-0.05, 0) is 45.0 Å². The van der Waals surface area contributed by atoms with Crippen molar-refractivity contribution in [3.8, 4) is 5.69 Å². The second kappa shape index (κ2) is 9.47. The number of hydrogen-bond donors (Lipinski definition) is 0. The summed E-state index contributed by atoms with van der Waals surface area (Å²) in [5.41, 5.74) is 2.14. The molecule has 0 aliphatic carbocycles. The Hall–Kier alpha value is -2.72. The lowest BCUT2D eigenvalue weighted by molar-refractivity contribution is 0.603. The number of para-hydroxylation sites is 1. The van der Waals surface area contributed by atoms with E-state index < -0.39 is 0 Å². The summed E-state index contributed by atoms with van der Waals surface area (Å²) in [5.74, 6) is 1.84. The van der Waals surface area contributed by atoms with E-state index in [9.17, 15) is 0 Å². The highest BCUT2D eigenvalue weighted by molar-refractivity contribution is 8.00. The highest BCUT2D eigenvalue weighted by atomic mass is 32.2. The lowest BCUT2D eigenvalue weighted by atomic mass is 10.2. The zero-order chi connectivity index (χ0) is 19.0. The average Bonchev–Trinajstić information content (AvgIpc) is 3.39. The molecule has 0 saturated carbocycles. The third-order valence-corrected chi connectivity index (χ3v) is 5.92. The van der Waals surface area contributed by atoms with Crippen molar-refractivity contribution in [3.05, 3.63) is 66.2 Å². The first-order chi connectivity index (χ1) is 13.9. The summed E-state index contributed by atoms with van der Waals surface area (Å²) in [5, 5.41) is 25.7. The Labute approximate surface area is 170 Å². The molecule has 4 rings (SSSR count). The molecule has 0 atom stereocenters. The number of aromatic nitrogens is 8. The van der Waals surface area contributed by atoms with Gasteiger partial charge in [0, 0.05) is 11.5 Å². The molecule has 0 spiro atoms. The van der Waals surface area contributed by atoms with Crippen molar-refractivity contribution in [1.29, 1.82) is 0 Å². The minimum atomic E-state index is 0.677. The Morgan fingerprint density at radius 3 is 2.14 bits per heavy atom. The summed E-state index contributed by atoms with van der Waals surface area (Å²) in [6.07, 6.45) is 0.995. The average molecular weight is 411 g/mol. The fourth-order valence-electron chi connectivity index (χ4n) is 2.54. The van der Waals surface area contributed by atoms with Crippen LogP contribution in [0.2, 0.25) is 0 Å². The number of tetrazole rings is 2. The van der Waals surface area contributed by atoms with Crippen molar-refractivity contribution in [2.75, 3.05) is 11.5 Å². The van der Waals surface area contributed by atoms with E-state index in [1.165, 1.54) is 5.56 Å². The molecule has 10 heteroatoms. The van der Waals surface area contributed by atoms with Crippen molar-refractivity contribution in [1.82, 2.24) is 40.4 Å². The molecule has 0 N–H and O–H groups in total. The smallest absolute Gasteiger partial charge is 0.214 e. The summed E-state index contributed by atoms with van der Waals surface area (Å²) in [7, 11) is 0. The van der Waals surface area contributed by atoms with Gasteiger partial charge in [-0.15, -0.1) is 10.2 Å². The molecule has 0 aliphatic rings. The molecule has 2 aromatic heterocycles. The summed E-state index contributed by atoms with van der Waals surface area (Å²) in [6, 6.07) is 20.1. The van der Waals surface area contributed by atoms with Gasteiger partial charge in [0.2, 0.25) is 10.3 Å². The van der Waals surface area contributed by atoms with Crippen molar-refractivity contribution in [2.45, 2.75) is 23.3 Å². The third kappa shape index (κ3) is 4.76. The van der Waals surface area contributed by atoms with Gasteiger partial charge in [0.25, 0.3) is 0 Å². The maximum absolute atomic E-state index is 4.14. The summed E-state index contributed by atoms with van der Waals surface area (Å²) in [6.45, 7) is 0.677. The van der Waals surface area contributed by atoms with Crippen LogP contribution in [0, 0.1) is 0 Å². The Morgan fingerprint density at radius 1 is 0.714 bits per heavy atom. The van der Waals surface area contributed by atoms with Gasteiger partial charge < -0.3 is 0 Å². The second-order valence-corrected chi connectivity index (χ2v) is 7.99. The molecule has 28 heavy (non-hydrogen) atoms. The maximum atomic E-state index is 4.14. The monoisotopic (exact) mass is 410 g/mol. The predicted octanol–water partition coefficient (Wildman–Crippen LogP) is 2.97. The summed E-state index contributed by atoms with van der Waals surface area (Å²) >= 11 is 3.31. The van der Waals surface area contributed by atoms with Crippen LogP contribution in [0.5, 0.6) is 0 Å². The third-order valence-electron chi connectivity index (χ3n) is 3.87. The van der Waals surface area contributed by atoms with E-state index in [1.54, 1.807) is 28.2 Å². The van der Waals surface area contributed by atoms with Gasteiger partial charge >= 0.3 is 0 Å². The van der Waals surface area contributed by atoms with Gasteiger partial charge in [-0.2, -0.15) is 4.68 Å². The van der Waals surface area contributed by atoms with E-state index in [4.69, 9.17) is 0 Å². The Bertz CT molecular complexity index is 987. The first kappa shape index (κ1) is 18.6. The number of hydrogen-bond acceptors (Lipinski definition) is 8. The van der Waals surface area contributed by atoms with Gasteiger partial charge in [-0.25, -0.2) is 4.68 Å². The van der Waals surface area contributed by atoms with E-state index in [-0.39, 0.29) is 0 Å². The van der Waals surface area contributed by atoms with Gasteiger partial charge in [0.1, 0.15) is 0 Å². The van der Waals surface area contributed by atoms with Gasteiger partial charge in [0.05, 0.1) is 12.2 Å². The lowest BCUT2D eigenvalue weighted by Gasteiger charge is -2.05. The molecule has 0 unspecified atom stereocenters. The lowest BCUT2D eigenvalue weighted by Crippen LogP contribution is -2.04. The highest BCUT2D eigenvalue weighted by Gasteiger charge is 2.10. The van der Waals surface area contributed by atoms with Crippen molar-refractivity contribution in [2.24, 2.45) is 0 Å². The maximum Gasteiger partial charge on any atom is 0.214 e. The zero-order valence-corrected chi connectivity index (χ0v) is 16.6. The molecule has 4 aromatic rings. The number of thioether (sulfide) groups is 2. The normalized spacial score (nSPS) is 11.0. The molecule has 2 aromatic carbocycles. The molecule has 8 nitrogen and oxygen atoms in total. The van der Waals surface area contributed by atoms with E-state index in [2.05, 4.69) is 43.2 Å². The first-order valence-corrected chi connectivity index (χ1v) is 10.8. The van der Waals surface area contributed by atoms with Gasteiger partial charge in [-0.1, -0.05) is 72.1 Å². The van der Waals surface area contributed by atoms with Crippen LogP contribution in [0.15, 0.2) is 71.0 Å². The van der Waals surface area contributed by atoms with Crippen LogP contribution in [-0.4, -0.2) is 51.9 Å². The molecule has 0 bridgehead atoms. The number of nitrogens with zero attached hydrogens (tertiary/aromatic N) is 8. The van der Waals surface area contributed by atoms with Gasteiger partial charge in [0.15, 0.2) is 0 Å². The fraction of sp³-hybridized carbons (Fsp3) is 0.222. The predicted molar refractivity (Wildman–Crippen MR) is 109 cm³/mol. The summed E-state index contributed by atoms with van der Waals surface area (Å²) in [4.78, 5) is 0. The highest BCUT2D eigenvalue weighted by Crippen LogP contribution is 2.21. The minimum Gasteiger partial charge on any atom is -0.216 e. The Morgan fingerprint density at radius 2 is 1.36 bits per heavy atom. The molecule has 0 radical (unpaired) electrons. The van der Waals surface area contributed by atoms with Crippen molar-refractivity contribution < 1.29 is 0 Å².